The van der Waals surface area contributed by atoms with E-state index >= 15 is 0 Å². The number of nitrogens with zero attached hydrogens (tertiary/aromatic N) is 2. The number of hydrogen-bond donors (Lipinski definition) is 1. The van der Waals surface area contributed by atoms with Crippen LogP contribution in [0, 0.1) is 12.7 Å². The zero-order valence-electron chi connectivity index (χ0n) is 23.7. The maximum absolute atomic E-state index is 14.0. The predicted molar refractivity (Wildman–Crippen MR) is 157 cm³/mol. The number of ketones is 1. The summed E-state index contributed by atoms with van der Waals surface area (Å²) in [6.07, 6.45) is 1.77. The predicted octanol–water partition coefficient (Wildman–Crippen LogP) is 6.38. The number of carbonyl (C=O) groups excluding carboxylic acids is 2. The van der Waals surface area contributed by atoms with Crippen molar-refractivity contribution >= 4 is 23.1 Å². The van der Waals surface area contributed by atoms with Crippen LogP contribution in [0.5, 0.6) is 11.5 Å². The third kappa shape index (κ3) is 5.50. The number of amides is 1. The van der Waals surface area contributed by atoms with Gasteiger partial charge in [-0.1, -0.05) is 30.3 Å². The summed E-state index contributed by atoms with van der Waals surface area (Å²) < 4.78 is 26.0. The second-order valence-electron chi connectivity index (χ2n) is 10.7. The lowest BCUT2D eigenvalue weighted by molar-refractivity contribution is -0.121. The number of pyridine rings is 1. The largest absolute Gasteiger partial charge is 0.496 e. The Morgan fingerprint density at radius 3 is 2.54 bits per heavy atom. The van der Waals surface area contributed by atoms with Crippen LogP contribution in [0.3, 0.4) is 0 Å². The number of halogens is 1. The van der Waals surface area contributed by atoms with Gasteiger partial charge < -0.3 is 19.7 Å². The van der Waals surface area contributed by atoms with Gasteiger partial charge in [-0.05, 0) is 67.8 Å². The molecule has 7 nitrogen and oxygen atoms in total. The van der Waals surface area contributed by atoms with Crippen LogP contribution in [0.4, 0.5) is 15.8 Å². The van der Waals surface area contributed by atoms with Crippen molar-refractivity contribution in [1.29, 1.82) is 0 Å². The number of aryl methyl sites for hydroxylation is 1. The van der Waals surface area contributed by atoms with E-state index < -0.39 is 11.4 Å². The fourth-order valence-corrected chi connectivity index (χ4v) is 5.18. The normalized spacial score (nSPS) is 13.8. The van der Waals surface area contributed by atoms with Crippen LogP contribution >= 0.6 is 0 Å². The van der Waals surface area contributed by atoms with Gasteiger partial charge >= 0.3 is 0 Å². The van der Waals surface area contributed by atoms with Gasteiger partial charge in [0.05, 0.1) is 18.5 Å². The molecule has 0 radical (unpaired) electrons. The summed E-state index contributed by atoms with van der Waals surface area (Å²) in [6, 6.07) is 19.2. The van der Waals surface area contributed by atoms with Crippen LogP contribution in [0.25, 0.3) is 11.1 Å². The molecule has 0 fully saturated rings. The molecule has 1 aliphatic heterocycles. The SMILES string of the molecule is COc1cc(CC(=O)c2ccccn2)ccc1-c1ccc2c(c1COc1cc(F)ccc1C)N(C)C(=O)C(C)(C)N2. The number of aromatic nitrogens is 1. The number of fused-ring (bicyclic) bond motifs is 1. The Morgan fingerprint density at radius 1 is 1.02 bits per heavy atom. The van der Waals surface area contributed by atoms with Crippen LogP contribution in [-0.2, 0) is 17.8 Å². The first kappa shape index (κ1) is 27.8. The summed E-state index contributed by atoms with van der Waals surface area (Å²) in [4.78, 5) is 31.9. The number of nitrogens with one attached hydrogen (secondary N) is 1. The van der Waals surface area contributed by atoms with E-state index in [1.807, 2.05) is 51.1 Å². The van der Waals surface area contributed by atoms with Crippen molar-refractivity contribution in [3.63, 3.8) is 0 Å². The second-order valence-corrected chi connectivity index (χ2v) is 10.7. The summed E-state index contributed by atoms with van der Waals surface area (Å²) in [5.74, 6) is 0.400. The smallest absolute Gasteiger partial charge is 0.251 e. The Kier molecular flexibility index (Phi) is 7.49. The Labute approximate surface area is 238 Å². The molecule has 8 heteroatoms. The highest BCUT2D eigenvalue weighted by Crippen LogP contribution is 2.44. The molecular formula is C33H32FN3O4. The fourth-order valence-electron chi connectivity index (χ4n) is 5.18. The zero-order chi connectivity index (χ0) is 29.3. The van der Waals surface area contributed by atoms with Crippen LogP contribution in [0.15, 0.2) is 72.9 Å². The van der Waals surface area contributed by atoms with Crippen molar-refractivity contribution in [3.05, 3.63) is 101 Å². The zero-order valence-corrected chi connectivity index (χ0v) is 23.7. The molecule has 1 amide bonds. The highest BCUT2D eigenvalue weighted by molar-refractivity contribution is 6.08. The van der Waals surface area contributed by atoms with E-state index in [1.165, 1.54) is 12.1 Å². The minimum Gasteiger partial charge on any atom is -0.496 e. The molecule has 1 aromatic heterocycles. The van der Waals surface area contributed by atoms with Gasteiger partial charge in [0, 0.05) is 36.9 Å². The highest BCUT2D eigenvalue weighted by atomic mass is 19.1. The van der Waals surface area contributed by atoms with Crippen molar-refractivity contribution in [3.8, 4) is 22.6 Å². The quantitative estimate of drug-likeness (QED) is 0.255. The lowest BCUT2D eigenvalue weighted by Gasteiger charge is -2.39. The number of likely N-dealkylation sites (N-methyl/N-ethyl adjacent to an activating group) is 1. The van der Waals surface area contributed by atoms with E-state index in [4.69, 9.17) is 9.47 Å². The van der Waals surface area contributed by atoms with Gasteiger partial charge in [0.25, 0.3) is 5.91 Å². The first-order chi connectivity index (χ1) is 19.6. The van der Waals surface area contributed by atoms with E-state index in [0.717, 1.165) is 33.5 Å². The van der Waals surface area contributed by atoms with Gasteiger partial charge in [0.15, 0.2) is 5.78 Å². The maximum atomic E-state index is 14.0. The number of hydrogen-bond acceptors (Lipinski definition) is 6. The van der Waals surface area contributed by atoms with Crippen molar-refractivity contribution in [2.24, 2.45) is 0 Å². The van der Waals surface area contributed by atoms with Gasteiger partial charge in [0.1, 0.15) is 35.2 Å². The lowest BCUT2D eigenvalue weighted by atomic mass is 9.91. The molecule has 0 saturated heterocycles. The van der Waals surface area contributed by atoms with Crippen LogP contribution in [-0.4, -0.2) is 36.4 Å². The molecule has 2 heterocycles. The van der Waals surface area contributed by atoms with Gasteiger partial charge in [-0.2, -0.15) is 0 Å². The van der Waals surface area contributed by atoms with Gasteiger partial charge in [-0.15, -0.1) is 0 Å². The van der Waals surface area contributed by atoms with E-state index in [-0.39, 0.29) is 24.7 Å². The van der Waals surface area contributed by atoms with Crippen molar-refractivity contribution in [2.75, 3.05) is 24.4 Å². The number of anilines is 2. The third-order valence-corrected chi connectivity index (χ3v) is 7.30. The van der Waals surface area contributed by atoms with Gasteiger partial charge in [0.2, 0.25) is 0 Å². The van der Waals surface area contributed by atoms with Crippen molar-refractivity contribution in [2.45, 2.75) is 39.3 Å². The van der Waals surface area contributed by atoms with Crippen molar-refractivity contribution < 1.29 is 23.5 Å². The number of ether oxygens (including phenoxy) is 2. The molecule has 0 spiro atoms. The molecule has 0 unspecified atom stereocenters. The molecule has 0 aliphatic carbocycles. The molecule has 5 rings (SSSR count). The third-order valence-electron chi connectivity index (χ3n) is 7.30. The summed E-state index contributed by atoms with van der Waals surface area (Å²) in [7, 11) is 3.32. The average molecular weight is 554 g/mol. The summed E-state index contributed by atoms with van der Waals surface area (Å²) >= 11 is 0. The molecule has 210 valence electrons. The molecule has 0 atom stereocenters. The van der Waals surface area contributed by atoms with E-state index in [0.29, 0.717) is 22.9 Å². The van der Waals surface area contributed by atoms with Crippen LogP contribution in [0.1, 0.15) is 41.0 Å². The first-order valence-corrected chi connectivity index (χ1v) is 13.3. The number of benzene rings is 3. The maximum Gasteiger partial charge on any atom is 0.251 e. The Hall–Kier alpha value is -4.72. The number of carbonyl (C=O) groups is 2. The van der Waals surface area contributed by atoms with Gasteiger partial charge in [-0.3, -0.25) is 14.6 Å². The molecule has 0 bridgehead atoms. The Balaban J connectivity index is 1.58. The summed E-state index contributed by atoms with van der Waals surface area (Å²) in [5, 5.41) is 3.35. The fraction of sp³-hybridized carbons (Fsp3) is 0.242. The van der Waals surface area contributed by atoms with Crippen molar-refractivity contribution in [1.82, 2.24) is 4.98 Å². The highest BCUT2D eigenvalue weighted by Gasteiger charge is 2.38. The monoisotopic (exact) mass is 553 g/mol. The molecule has 3 aromatic carbocycles. The van der Waals surface area contributed by atoms with E-state index in [9.17, 15) is 14.0 Å². The summed E-state index contributed by atoms with van der Waals surface area (Å²) in [6.45, 7) is 5.60. The molecule has 0 saturated carbocycles. The number of rotatable bonds is 8. The minimum absolute atomic E-state index is 0.0750. The minimum atomic E-state index is -0.792. The Bertz CT molecular complexity index is 1640. The molecule has 41 heavy (non-hydrogen) atoms. The van der Waals surface area contributed by atoms with Crippen LogP contribution in [0.2, 0.25) is 0 Å². The van der Waals surface area contributed by atoms with Crippen LogP contribution < -0.4 is 19.7 Å². The van der Waals surface area contributed by atoms with Gasteiger partial charge in [-0.25, -0.2) is 4.39 Å². The first-order valence-electron chi connectivity index (χ1n) is 13.3. The number of Topliss-reactive ketones (excluding diaryl/α,β-unsaturated/α-hetero) is 1. The van der Waals surface area contributed by atoms with E-state index in [1.54, 1.807) is 49.5 Å². The lowest BCUT2D eigenvalue weighted by Crippen LogP contribution is -2.52. The molecule has 1 N–H and O–H groups in total. The Morgan fingerprint density at radius 2 is 1.80 bits per heavy atom. The number of methoxy groups -OCH3 is 1. The summed E-state index contributed by atoms with van der Waals surface area (Å²) in [5.41, 5.74) is 4.94. The molecule has 4 aromatic rings. The topological polar surface area (TPSA) is 80.8 Å². The second kappa shape index (κ2) is 11.0. The average Bonchev–Trinajstić information content (AvgIpc) is 2.96. The molecule has 1 aliphatic rings. The molecular weight excluding hydrogens is 521 g/mol. The van der Waals surface area contributed by atoms with E-state index in [2.05, 4.69) is 10.3 Å². The standard InChI is InChI=1S/C33H32FN3O4/c1-20-9-11-22(34)18-29(20)41-19-25-23(13-14-27-31(25)37(4)32(39)33(2,3)36-27)24-12-10-21(17-30(24)40-5)16-28(38)26-8-6-7-15-35-26/h6-15,17-18,36H,16,19H2,1-5H3.